The standard InChI is InChI=1S/C11H15ClFNO2/c1-15-6-4-14-5-7-16-9-2-3-11(13)10(12)8-9/h2-3,8,14H,4-7H2,1H3. The lowest BCUT2D eigenvalue weighted by Crippen LogP contribution is -2.24. The van der Waals surface area contributed by atoms with Crippen molar-refractivity contribution in [1.29, 1.82) is 0 Å². The molecule has 16 heavy (non-hydrogen) atoms. The zero-order valence-electron chi connectivity index (χ0n) is 9.13. The van der Waals surface area contributed by atoms with Gasteiger partial charge < -0.3 is 14.8 Å². The van der Waals surface area contributed by atoms with Crippen LogP contribution in [-0.2, 0) is 4.74 Å². The highest BCUT2D eigenvalue weighted by Gasteiger charge is 2.00. The Morgan fingerprint density at radius 3 is 2.75 bits per heavy atom. The van der Waals surface area contributed by atoms with Crippen LogP contribution in [0.3, 0.4) is 0 Å². The molecule has 3 nitrogen and oxygen atoms in total. The second kappa shape index (κ2) is 7.44. The van der Waals surface area contributed by atoms with Gasteiger partial charge in [-0.3, -0.25) is 0 Å². The van der Waals surface area contributed by atoms with E-state index in [0.717, 1.165) is 6.54 Å². The summed E-state index contributed by atoms with van der Waals surface area (Å²) < 4.78 is 23.1. The first kappa shape index (κ1) is 13.2. The van der Waals surface area contributed by atoms with Crippen molar-refractivity contribution in [2.75, 3.05) is 33.4 Å². The van der Waals surface area contributed by atoms with E-state index in [-0.39, 0.29) is 5.02 Å². The molecule has 1 aromatic rings. The van der Waals surface area contributed by atoms with Crippen LogP contribution >= 0.6 is 11.6 Å². The fourth-order valence-electron chi connectivity index (χ4n) is 1.11. The van der Waals surface area contributed by atoms with Gasteiger partial charge in [0.1, 0.15) is 18.2 Å². The molecule has 0 unspecified atom stereocenters. The van der Waals surface area contributed by atoms with Crippen molar-refractivity contribution in [3.63, 3.8) is 0 Å². The smallest absolute Gasteiger partial charge is 0.142 e. The van der Waals surface area contributed by atoms with Gasteiger partial charge in [-0.2, -0.15) is 0 Å². The molecular weight excluding hydrogens is 233 g/mol. The average molecular weight is 248 g/mol. The summed E-state index contributed by atoms with van der Waals surface area (Å²) in [6.45, 7) is 2.66. The van der Waals surface area contributed by atoms with Crippen molar-refractivity contribution < 1.29 is 13.9 Å². The first-order valence-corrected chi connectivity index (χ1v) is 5.39. The molecule has 1 rings (SSSR count). The van der Waals surface area contributed by atoms with Gasteiger partial charge in [0, 0.05) is 26.3 Å². The Morgan fingerprint density at radius 1 is 1.31 bits per heavy atom. The van der Waals surface area contributed by atoms with E-state index in [0.29, 0.717) is 25.5 Å². The normalized spacial score (nSPS) is 10.4. The maximum absolute atomic E-state index is 12.8. The summed E-state index contributed by atoms with van der Waals surface area (Å²) in [6.07, 6.45) is 0. The highest BCUT2D eigenvalue weighted by atomic mass is 35.5. The molecule has 90 valence electrons. The van der Waals surface area contributed by atoms with Crippen molar-refractivity contribution >= 4 is 11.6 Å². The number of nitrogens with one attached hydrogen (secondary N) is 1. The van der Waals surface area contributed by atoms with Crippen molar-refractivity contribution in [3.05, 3.63) is 29.0 Å². The third-order valence-corrected chi connectivity index (χ3v) is 2.21. The van der Waals surface area contributed by atoms with E-state index < -0.39 is 5.82 Å². The third kappa shape index (κ3) is 4.79. The number of hydrogen-bond donors (Lipinski definition) is 1. The van der Waals surface area contributed by atoms with Crippen molar-refractivity contribution in [1.82, 2.24) is 5.32 Å². The predicted molar refractivity (Wildman–Crippen MR) is 61.7 cm³/mol. The molecule has 0 atom stereocenters. The van der Waals surface area contributed by atoms with Crippen LogP contribution in [-0.4, -0.2) is 33.4 Å². The lowest BCUT2D eigenvalue weighted by Gasteiger charge is -2.07. The van der Waals surface area contributed by atoms with Gasteiger partial charge in [-0.1, -0.05) is 11.6 Å². The molecule has 0 aliphatic rings. The number of ether oxygens (including phenoxy) is 2. The first-order valence-electron chi connectivity index (χ1n) is 5.01. The molecule has 0 fully saturated rings. The summed E-state index contributed by atoms with van der Waals surface area (Å²) in [5.41, 5.74) is 0. The zero-order valence-corrected chi connectivity index (χ0v) is 9.89. The van der Waals surface area contributed by atoms with Gasteiger partial charge in [0.15, 0.2) is 0 Å². The number of benzene rings is 1. The minimum Gasteiger partial charge on any atom is -0.492 e. The van der Waals surface area contributed by atoms with Crippen LogP contribution in [0.1, 0.15) is 0 Å². The Labute approximate surface area is 99.5 Å². The highest BCUT2D eigenvalue weighted by Crippen LogP contribution is 2.20. The fourth-order valence-corrected chi connectivity index (χ4v) is 1.28. The number of halogens is 2. The van der Waals surface area contributed by atoms with Crippen molar-refractivity contribution in [3.8, 4) is 5.75 Å². The molecule has 0 saturated carbocycles. The van der Waals surface area contributed by atoms with Crippen LogP contribution in [0.15, 0.2) is 18.2 Å². The van der Waals surface area contributed by atoms with Gasteiger partial charge in [0.2, 0.25) is 0 Å². The molecule has 0 aromatic heterocycles. The van der Waals surface area contributed by atoms with Crippen LogP contribution < -0.4 is 10.1 Å². The summed E-state index contributed by atoms with van der Waals surface area (Å²) >= 11 is 5.61. The zero-order chi connectivity index (χ0) is 11.8. The fraction of sp³-hybridized carbons (Fsp3) is 0.455. The average Bonchev–Trinajstić information content (AvgIpc) is 2.28. The largest absolute Gasteiger partial charge is 0.492 e. The summed E-state index contributed by atoms with van der Waals surface area (Å²) in [4.78, 5) is 0. The van der Waals surface area contributed by atoms with E-state index in [9.17, 15) is 4.39 Å². The van der Waals surface area contributed by atoms with E-state index in [1.54, 1.807) is 13.2 Å². The SMILES string of the molecule is COCCNCCOc1ccc(F)c(Cl)c1. The lowest BCUT2D eigenvalue weighted by molar-refractivity contribution is 0.197. The Bertz CT molecular complexity index is 323. The lowest BCUT2D eigenvalue weighted by atomic mass is 10.3. The quantitative estimate of drug-likeness (QED) is 0.749. The molecule has 5 heteroatoms. The minimum atomic E-state index is -0.438. The van der Waals surface area contributed by atoms with Gasteiger partial charge >= 0.3 is 0 Å². The van der Waals surface area contributed by atoms with E-state index in [1.807, 2.05) is 0 Å². The molecule has 0 amide bonds. The number of methoxy groups -OCH3 is 1. The maximum atomic E-state index is 12.8. The molecule has 1 N–H and O–H groups in total. The van der Waals surface area contributed by atoms with Crippen LogP contribution in [0.5, 0.6) is 5.75 Å². The monoisotopic (exact) mass is 247 g/mol. The van der Waals surface area contributed by atoms with Gasteiger partial charge in [-0.25, -0.2) is 4.39 Å². The molecule has 0 aliphatic heterocycles. The summed E-state index contributed by atoms with van der Waals surface area (Å²) in [5, 5.41) is 3.20. The number of hydrogen-bond acceptors (Lipinski definition) is 3. The molecule has 0 bridgehead atoms. The van der Waals surface area contributed by atoms with Gasteiger partial charge in [0.25, 0.3) is 0 Å². The second-order valence-corrected chi connectivity index (χ2v) is 3.57. The predicted octanol–water partition coefficient (Wildman–Crippen LogP) is 2.09. The minimum absolute atomic E-state index is 0.0739. The van der Waals surface area contributed by atoms with E-state index >= 15 is 0 Å². The highest BCUT2D eigenvalue weighted by molar-refractivity contribution is 6.30. The van der Waals surface area contributed by atoms with Crippen LogP contribution in [0.2, 0.25) is 5.02 Å². The summed E-state index contributed by atoms with van der Waals surface area (Å²) in [7, 11) is 1.65. The number of rotatable bonds is 7. The molecule has 0 saturated heterocycles. The molecule has 1 aromatic carbocycles. The molecular formula is C11H15ClFNO2. The van der Waals surface area contributed by atoms with Gasteiger partial charge in [-0.05, 0) is 12.1 Å². The third-order valence-electron chi connectivity index (χ3n) is 1.92. The van der Waals surface area contributed by atoms with Gasteiger partial charge in [-0.15, -0.1) is 0 Å². The Hall–Kier alpha value is -0.840. The van der Waals surface area contributed by atoms with Crippen LogP contribution in [0.25, 0.3) is 0 Å². The van der Waals surface area contributed by atoms with Crippen LogP contribution in [0.4, 0.5) is 4.39 Å². The molecule has 0 aliphatic carbocycles. The molecule has 0 radical (unpaired) electrons. The van der Waals surface area contributed by atoms with Crippen molar-refractivity contribution in [2.24, 2.45) is 0 Å². The first-order chi connectivity index (χ1) is 7.74. The van der Waals surface area contributed by atoms with E-state index in [1.165, 1.54) is 12.1 Å². The Kier molecular flexibility index (Phi) is 6.15. The molecule has 0 heterocycles. The summed E-state index contributed by atoms with van der Waals surface area (Å²) in [5.74, 6) is 0.132. The van der Waals surface area contributed by atoms with E-state index in [2.05, 4.69) is 5.32 Å². The van der Waals surface area contributed by atoms with Crippen molar-refractivity contribution in [2.45, 2.75) is 0 Å². The molecule has 0 spiro atoms. The van der Waals surface area contributed by atoms with Crippen LogP contribution in [0, 0.1) is 5.82 Å². The van der Waals surface area contributed by atoms with Gasteiger partial charge in [0.05, 0.1) is 11.6 Å². The topological polar surface area (TPSA) is 30.5 Å². The summed E-state index contributed by atoms with van der Waals surface area (Å²) in [6, 6.07) is 4.30. The van der Waals surface area contributed by atoms with E-state index in [4.69, 9.17) is 21.1 Å². The Morgan fingerprint density at radius 2 is 2.06 bits per heavy atom. The maximum Gasteiger partial charge on any atom is 0.142 e. The second-order valence-electron chi connectivity index (χ2n) is 3.17. The Balaban J connectivity index is 2.19.